The first-order valence-corrected chi connectivity index (χ1v) is 7.12. The Labute approximate surface area is 102 Å². The third-order valence-corrected chi connectivity index (χ3v) is 4.29. The van der Waals surface area contributed by atoms with Crippen LogP contribution in [0.5, 0.6) is 0 Å². The maximum Gasteiger partial charge on any atom is 0.224 e. The van der Waals surface area contributed by atoms with Gasteiger partial charge < -0.3 is 5.73 Å². The number of alkyl halides is 1. The zero-order chi connectivity index (χ0) is 13.0. The fourth-order valence-electron chi connectivity index (χ4n) is 0.856. The molecule has 0 aromatic carbocycles. The number of hydrogen-bond donors (Lipinski definition) is 2. The lowest BCUT2D eigenvalue weighted by molar-refractivity contribution is -0.125. The highest BCUT2D eigenvalue weighted by atomic mass is 35.5. The molecule has 96 valence electrons. The molecule has 0 spiro atoms. The van der Waals surface area contributed by atoms with Gasteiger partial charge in [0.25, 0.3) is 0 Å². The Balaban J connectivity index is 4.35. The van der Waals surface area contributed by atoms with Crippen molar-refractivity contribution in [3.05, 3.63) is 0 Å². The van der Waals surface area contributed by atoms with Crippen molar-refractivity contribution in [1.82, 2.24) is 4.72 Å². The van der Waals surface area contributed by atoms with Gasteiger partial charge in [-0.25, -0.2) is 13.1 Å². The van der Waals surface area contributed by atoms with Crippen molar-refractivity contribution in [2.75, 3.05) is 18.2 Å². The zero-order valence-corrected chi connectivity index (χ0v) is 11.4. The second-order valence-electron chi connectivity index (χ2n) is 4.61. The van der Waals surface area contributed by atoms with E-state index in [0.29, 0.717) is 0 Å². The summed E-state index contributed by atoms with van der Waals surface area (Å²) in [4.78, 5) is 11.0. The molecule has 5 nitrogen and oxygen atoms in total. The minimum atomic E-state index is -3.40. The van der Waals surface area contributed by atoms with Crippen molar-refractivity contribution in [1.29, 1.82) is 0 Å². The molecule has 3 N–H and O–H groups in total. The molecule has 0 fully saturated rings. The predicted octanol–water partition coefficient (Wildman–Crippen LogP) is 0.292. The second kappa shape index (κ2) is 5.84. The number of rotatable bonds is 7. The van der Waals surface area contributed by atoms with Crippen LogP contribution in [-0.2, 0) is 14.8 Å². The first kappa shape index (κ1) is 15.7. The van der Waals surface area contributed by atoms with Gasteiger partial charge in [-0.2, -0.15) is 0 Å². The Morgan fingerprint density at radius 1 is 1.50 bits per heavy atom. The van der Waals surface area contributed by atoms with Crippen LogP contribution < -0.4 is 10.5 Å². The lowest BCUT2D eigenvalue weighted by Gasteiger charge is -2.21. The van der Waals surface area contributed by atoms with E-state index in [1.165, 1.54) is 0 Å². The third kappa shape index (κ3) is 5.67. The van der Waals surface area contributed by atoms with Gasteiger partial charge in [0.2, 0.25) is 15.9 Å². The van der Waals surface area contributed by atoms with Crippen LogP contribution in [0, 0.1) is 11.3 Å². The van der Waals surface area contributed by atoms with E-state index >= 15 is 0 Å². The highest BCUT2D eigenvalue weighted by molar-refractivity contribution is 7.89. The Morgan fingerprint density at radius 2 is 2.00 bits per heavy atom. The highest BCUT2D eigenvalue weighted by Crippen LogP contribution is 2.13. The van der Waals surface area contributed by atoms with Crippen molar-refractivity contribution >= 4 is 27.5 Å². The molecule has 16 heavy (non-hydrogen) atoms. The molecular weight excluding hydrogens is 252 g/mol. The van der Waals surface area contributed by atoms with E-state index in [-0.39, 0.29) is 24.1 Å². The first-order valence-electron chi connectivity index (χ1n) is 4.94. The van der Waals surface area contributed by atoms with Gasteiger partial charge in [-0.05, 0) is 19.8 Å². The van der Waals surface area contributed by atoms with Crippen LogP contribution in [0.3, 0.4) is 0 Å². The molecule has 0 radical (unpaired) electrons. The summed E-state index contributed by atoms with van der Waals surface area (Å²) >= 11 is 5.53. The monoisotopic (exact) mass is 270 g/mol. The number of halogens is 1. The molecule has 1 amide bonds. The first-order chi connectivity index (χ1) is 7.10. The molecule has 0 heterocycles. The van der Waals surface area contributed by atoms with Crippen LogP contribution in [0.4, 0.5) is 0 Å². The molecular formula is C9H19ClN2O3S. The van der Waals surface area contributed by atoms with Crippen molar-refractivity contribution in [2.45, 2.75) is 20.8 Å². The van der Waals surface area contributed by atoms with Crippen molar-refractivity contribution in [2.24, 2.45) is 17.1 Å². The number of amides is 1. The minimum Gasteiger partial charge on any atom is -0.369 e. The van der Waals surface area contributed by atoms with Crippen molar-refractivity contribution < 1.29 is 13.2 Å². The van der Waals surface area contributed by atoms with E-state index in [9.17, 15) is 13.2 Å². The normalized spacial score (nSPS) is 14.8. The third-order valence-electron chi connectivity index (χ3n) is 2.17. The number of hydrogen-bond acceptors (Lipinski definition) is 3. The van der Waals surface area contributed by atoms with Crippen LogP contribution in [0.1, 0.15) is 20.8 Å². The summed E-state index contributed by atoms with van der Waals surface area (Å²) in [5, 5.41) is 0. The number of nitrogens with one attached hydrogen (secondary N) is 1. The van der Waals surface area contributed by atoms with Gasteiger partial charge in [0, 0.05) is 12.4 Å². The second-order valence-corrected chi connectivity index (χ2v) is 6.77. The van der Waals surface area contributed by atoms with Gasteiger partial charge in [0.1, 0.15) is 0 Å². The Hall–Kier alpha value is -0.330. The maximum absolute atomic E-state index is 11.5. The lowest BCUT2D eigenvalue weighted by Crippen LogP contribution is -2.43. The molecule has 0 rings (SSSR count). The Bertz CT molecular complexity index is 341. The maximum atomic E-state index is 11.5. The van der Waals surface area contributed by atoms with Crippen LogP contribution in [0.25, 0.3) is 0 Å². The average Bonchev–Trinajstić information content (AvgIpc) is 2.14. The molecule has 7 heteroatoms. The van der Waals surface area contributed by atoms with Gasteiger partial charge >= 0.3 is 0 Å². The fraction of sp³-hybridized carbons (Fsp3) is 0.889. The molecule has 0 aliphatic carbocycles. The molecule has 0 aromatic rings. The van der Waals surface area contributed by atoms with Crippen LogP contribution >= 0.6 is 11.6 Å². The summed E-state index contributed by atoms with van der Waals surface area (Å²) in [6.45, 7) is 4.91. The van der Waals surface area contributed by atoms with Gasteiger partial charge in [-0.1, -0.05) is 6.92 Å². The van der Waals surface area contributed by atoms with Gasteiger partial charge in [-0.3, -0.25) is 4.79 Å². The standard InChI is InChI=1S/C9H19ClN2O3S/c1-7(4-10)5-16(14,15)12-6-9(2,3)8(11)13/h7,12H,4-6H2,1-3H3,(H2,11,13). The SMILES string of the molecule is CC(CCl)CS(=O)(=O)NCC(C)(C)C(N)=O. The fourth-order valence-corrected chi connectivity index (χ4v) is 2.66. The number of primary amides is 1. The average molecular weight is 271 g/mol. The minimum absolute atomic E-state index is 0.000325. The van der Waals surface area contributed by atoms with Gasteiger partial charge in [0.15, 0.2) is 0 Å². The zero-order valence-electron chi connectivity index (χ0n) is 9.79. The summed E-state index contributed by atoms with van der Waals surface area (Å²) < 4.78 is 25.5. The van der Waals surface area contributed by atoms with Gasteiger partial charge in [-0.15, -0.1) is 11.6 Å². The highest BCUT2D eigenvalue weighted by Gasteiger charge is 2.27. The topological polar surface area (TPSA) is 89.3 Å². The van der Waals surface area contributed by atoms with E-state index in [4.69, 9.17) is 17.3 Å². The van der Waals surface area contributed by atoms with Gasteiger partial charge in [0.05, 0.1) is 11.2 Å². The van der Waals surface area contributed by atoms with E-state index in [1.54, 1.807) is 20.8 Å². The number of carbonyl (C=O) groups excluding carboxylic acids is 1. The quantitative estimate of drug-likeness (QED) is 0.652. The summed E-state index contributed by atoms with van der Waals surface area (Å²) in [7, 11) is -3.40. The summed E-state index contributed by atoms with van der Waals surface area (Å²) in [6, 6.07) is 0. The number of sulfonamides is 1. The molecule has 0 saturated heterocycles. The molecule has 1 atom stereocenters. The number of nitrogens with two attached hydrogens (primary N) is 1. The molecule has 1 unspecified atom stereocenters. The molecule has 0 aliphatic heterocycles. The van der Waals surface area contributed by atoms with Crippen LogP contribution in [0.15, 0.2) is 0 Å². The summed E-state index contributed by atoms with van der Waals surface area (Å²) in [5.74, 6) is -0.442. The summed E-state index contributed by atoms with van der Waals surface area (Å²) in [6.07, 6.45) is 0. The van der Waals surface area contributed by atoms with E-state index < -0.39 is 21.3 Å². The Morgan fingerprint density at radius 3 is 2.38 bits per heavy atom. The van der Waals surface area contributed by atoms with Crippen molar-refractivity contribution in [3.8, 4) is 0 Å². The molecule has 0 bridgehead atoms. The molecule has 0 aromatic heterocycles. The molecule has 0 aliphatic rings. The van der Waals surface area contributed by atoms with E-state index in [1.807, 2.05) is 0 Å². The largest absolute Gasteiger partial charge is 0.369 e. The van der Waals surface area contributed by atoms with Crippen LogP contribution in [-0.4, -0.2) is 32.5 Å². The Kier molecular flexibility index (Phi) is 5.72. The van der Waals surface area contributed by atoms with E-state index in [2.05, 4.69) is 4.72 Å². The molecule has 0 saturated carbocycles. The lowest BCUT2D eigenvalue weighted by atomic mass is 9.93. The predicted molar refractivity (Wildman–Crippen MR) is 64.6 cm³/mol. The smallest absolute Gasteiger partial charge is 0.224 e. The van der Waals surface area contributed by atoms with Crippen LogP contribution in [0.2, 0.25) is 0 Å². The van der Waals surface area contributed by atoms with E-state index in [0.717, 1.165) is 0 Å². The summed E-state index contributed by atoms with van der Waals surface area (Å²) in [5.41, 5.74) is 4.24. The van der Waals surface area contributed by atoms with Crippen molar-refractivity contribution in [3.63, 3.8) is 0 Å². The number of carbonyl (C=O) groups is 1.